The van der Waals surface area contributed by atoms with Crippen LogP contribution in [0.3, 0.4) is 0 Å². The molecule has 6 aliphatic rings. The van der Waals surface area contributed by atoms with Crippen molar-refractivity contribution in [3.8, 4) is 0 Å². The number of azo groups is 1. The van der Waals surface area contributed by atoms with Gasteiger partial charge >= 0.3 is 0 Å². The molecule has 0 radical (unpaired) electrons. The van der Waals surface area contributed by atoms with Crippen LogP contribution in [0.4, 0.5) is 0 Å². The maximum absolute atomic E-state index is 4.84. The van der Waals surface area contributed by atoms with Crippen molar-refractivity contribution in [2.24, 2.45) is 16.1 Å². The van der Waals surface area contributed by atoms with Gasteiger partial charge in [0.2, 0.25) is 0 Å². The number of piperidine rings is 3. The molecule has 9 heteroatoms. The van der Waals surface area contributed by atoms with Crippen LogP contribution in [0.5, 0.6) is 0 Å². The third-order valence-corrected chi connectivity index (χ3v) is 8.56. The highest BCUT2D eigenvalue weighted by atomic mass is 16.0. The lowest BCUT2D eigenvalue weighted by Gasteiger charge is -2.57. The predicted octanol–water partition coefficient (Wildman–Crippen LogP) is 2.16. The molecule has 6 aliphatic heterocycles. The number of nitrogens with one attached hydrogen (secondary N) is 3. The molecular formula is C24H41N9. The molecule has 0 saturated carbocycles. The molecule has 6 heterocycles. The second-order valence-electron chi connectivity index (χ2n) is 10.5. The molecule has 6 rings (SSSR count). The average Bonchev–Trinajstić information content (AvgIpc) is 3.66. The van der Waals surface area contributed by atoms with Gasteiger partial charge in [-0.3, -0.25) is 0 Å². The van der Waals surface area contributed by atoms with Crippen LogP contribution in [0, 0.1) is 5.92 Å². The Balaban J connectivity index is 1.49. The summed E-state index contributed by atoms with van der Waals surface area (Å²) in [6.07, 6.45) is 18.0. The molecule has 3 saturated heterocycles. The van der Waals surface area contributed by atoms with Gasteiger partial charge in [0.05, 0.1) is 25.0 Å². The van der Waals surface area contributed by atoms with Gasteiger partial charge in [0.1, 0.15) is 11.7 Å². The van der Waals surface area contributed by atoms with E-state index < -0.39 is 0 Å². The molecule has 0 aromatic carbocycles. The van der Waals surface area contributed by atoms with Gasteiger partial charge in [0.25, 0.3) is 0 Å². The fourth-order valence-electron chi connectivity index (χ4n) is 7.12. The molecule has 0 aromatic heterocycles. The highest BCUT2D eigenvalue weighted by Crippen LogP contribution is 2.50. The predicted molar refractivity (Wildman–Crippen MR) is 128 cm³/mol. The summed E-state index contributed by atoms with van der Waals surface area (Å²) in [6.45, 7) is 7.35. The maximum Gasteiger partial charge on any atom is 0.144 e. The van der Waals surface area contributed by atoms with Gasteiger partial charge in [-0.1, -0.05) is 6.42 Å². The molecule has 0 amide bonds. The van der Waals surface area contributed by atoms with Crippen molar-refractivity contribution in [2.75, 3.05) is 45.8 Å². The summed E-state index contributed by atoms with van der Waals surface area (Å²) in [5.41, 5.74) is 4.88. The lowest BCUT2D eigenvalue weighted by atomic mass is 9.69. The Kier molecular flexibility index (Phi) is 6.30. The topological polar surface area (TPSA) is 73.8 Å². The number of hydrazine groups is 3. The number of likely N-dealkylation sites (tertiary alicyclic amines) is 1. The number of hydrogen-bond acceptors (Lipinski definition) is 9. The first kappa shape index (κ1) is 21.8. The molecule has 3 N–H and O–H groups in total. The second-order valence-corrected chi connectivity index (χ2v) is 10.5. The van der Waals surface area contributed by atoms with Crippen LogP contribution in [-0.4, -0.2) is 83.7 Å². The average molecular weight is 456 g/mol. The minimum absolute atomic E-state index is 0.0802. The van der Waals surface area contributed by atoms with Gasteiger partial charge in [-0.2, -0.15) is 15.2 Å². The zero-order valence-corrected chi connectivity index (χ0v) is 20.0. The van der Waals surface area contributed by atoms with E-state index in [-0.39, 0.29) is 11.7 Å². The van der Waals surface area contributed by atoms with Crippen LogP contribution in [0.2, 0.25) is 0 Å². The molecule has 9 nitrogen and oxygen atoms in total. The molecule has 4 atom stereocenters. The minimum Gasteiger partial charge on any atom is -0.372 e. The maximum atomic E-state index is 4.84. The number of hydrogen-bond donors (Lipinski definition) is 3. The monoisotopic (exact) mass is 455 g/mol. The molecule has 33 heavy (non-hydrogen) atoms. The Morgan fingerprint density at radius 1 is 0.970 bits per heavy atom. The summed E-state index contributed by atoms with van der Waals surface area (Å²) < 4.78 is 0. The smallest absolute Gasteiger partial charge is 0.144 e. The van der Waals surface area contributed by atoms with Crippen molar-refractivity contribution in [3.05, 3.63) is 24.2 Å². The molecule has 0 aromatic rings. The van der Waals surface area contributed by atoms with E-state index >= 15 is 0 Å². The van der Waals surface area contributed by atoms with Gasteiger partial charge in [0, 0.05) is 38.3 Å². The number of rotatable bonds is 5. The van der Waals surface area contributed by atoms with E-state index in [2.05, 4.69) is 59.8 Å². The lowest BCUT2D eigenvalue weighted by molar-refractivity contribution is -0.221. The second kappa shape index (κ2) is 9.52. The third-order valence-electron chi connectivity index (χ3n) is 8.56. The van der Waals surface area contributed by atoms with Crippen LogP contribution in [0.15, 0.2) is 34.4 Å². The van der Waals surface area contributed by atoms with Crippen molar-refractivity contribution >= 4 is 0 Å². The van der Waals surface area contributed by atoms with Gasteiger partial charge in [0.15, 0.2) is 0 Å². The van der Waals surface area contributed by atoms with Crippen molar-refractivity contribution in [1.29, 1.82) is 0 Å². The quantitative estimate of drug-likeness (QED) is 0.587. The van der Waals surface area contributed by atoms with Crippen LogP contribution >= 0.6 is 0 Å². The van der Waals surface area contributed by atoms with Gasteiger partial charge in [-0.25, -0.2) is 5.12 Å². The Labute approximate surface area is 198 Å². The summed E-state index contributed by atoms with van der Waals surface area (Å²) >= 11 is 0. The Morgan fingerprint density at radius 2 is 1.91 bits per heavy atom. The van der Waals surface area contributed by atoms with E-state index in [1.807, 2.05) is 0 Å². The van der Waals surface area contributed by atoms with E-state index in [1.165, 1.54) is 70.2 Å². The highest BCUT2D eigenvalue weighted by molar-refractivity contribution is 5.32. The van der Waals surface area contributed by atoms with E-state index in [4.69, 9.17) is 5.11 Å². The summed E-state index contributed by atoms with van der Waals surface area (Å²) in [7, 11) is 0. The molecule has 0 aliphatic carbocycles. The summed E-state index contributed by atoms with van der Waals surface area (Å²) in [4.78, 5) is 2.73. The molecular weight excluding hydrogens is 414 g/mol. The first-order chi connectivity index (χ1) is 16.4. The van der Waals surface area contributed by atoms with Crippen molar-refractivity contribution < 1.29 is 0 Å². The molecule has 3 fully saturated rings. The summed E-state index contributed by atoms with van der Waals surface area (Å²) in [5.74, 6) is 0.534. The van der Waals surface area contributed by atoms with E-state index in [1.54, 1.807) is 0 Å². The van der Waals surface area contributed by atoms with E-state index in [0.717, 1.165) is 39.1 Å². The zero-order valence-electron chi connectivity index (χ0n) is 20.0. The highest BCUT2D eigenvalue weighted by Gasteiger charge is 2.62. The van der Waals surface area contributed by atoms with Crippen LogP contribution in [0.25, 0.3) is 0 Å². The third kappa shape index (κ3) is 3.77. The molecule has 0 spiro atoms. The normalized spacial score (nSPS) is 38.2. The largest absolute Gasteiger partial charge is 0.372 e. The first-order valence-electron chi connectivity index (χ1n) is 13.4. The van der Waals surface area contributed by atoms with Crippen LogP contribution in [0.1, 0.15) is 57.8 Å². The fraction of sp³-hybridized carbons (Fsp3) is 0.833. The molecule has 4 unspecified atom stereocenters. The van der Waals surface area contributed by atoms with Crippen LogP contribution in [-0.2, 0) is 0 Å². The van der Waals surface area contributed by atoms with Gasteiger partial charge in [-0.15, -0.1) is 5.12 Å². The van der Waals surface area contributed by atoms with E-state index in [9.17, 15) is 0 Å². The Morgan fingerprint density at radius 3 is 2.61 bits per heavy atom. The van der Waals surface area contributed by atoms with Crippen LogP contribution < -0.4 is 16.1 Å². The Hall–Kier alpha value is -1.68. The van der Waals surface area contributed by atoms with Crippen molar-refractivity contribution in [2.45, 2.75) is 75.5 Å². The lowest BCUT2D eigenvalue weighted by Crippen LogP contribution is -2.73. The summed E-state index contributed by atoms with van der Waals surface area (Å²) in [6, 6.07) is 0.417. The SMILES string of the molecule is C1=CNN(N2C=C(N3CCCCC3)C(C3CCCNC3)(C3CCCCN3)N2C2CCN=N2)C1. The van der Waals surface area contributed by atoms with Crippen molar-refractivity contribution in [1.82, 2.24) is 36.2 Å². The van der Waals surface area contributed by atoms with Gasteiger partial charge in [-0.05, 0) is 70.0 Å². The van der Waals surface area contributed by atoms with Crippen molar-refractivity contribution in [3.63, 3.8) is 0 Å². The molecule has 182 valence electrons. The van der Waals surface area contributed by atoms with Gasteiger partial charge < -0.3 is 21.0 Å². The Bertz CT molecular complexity index is 736. The minimum atomic E-state index is -0.122. The fourth-order valence-corrected chi connectivity index (χ4v) is 7.12. The number of nitrogens with zero attached hydrogens (tertiary/aromatic N) is 6. The zero-order chi connectivity index (χ0) is 22.1. The van der Waals surface area contributed by atoms with E-state index in [0.29, 0.717) is 12.0 Å². The standard InChI is InChI=1S/C24H41N9/c1-4-15-30(16-5-1)22-19-32(31-17-7-13-28-31)33(23-10-14-27-29-23)24(22,20-8-6-11-25-18-20)21-9-2-3-12-26-21/h7,13,19-21,23,25-26,28H,1-6,8-12,14-18H2. The first-order valence-corrected chi connectivity index (χ1v) is 13.4. The summed E-state index contributed by atoms with van der Waals surface area (Å²) in [5, 5.41) is 24.5. The molecule has 0 bridgehead atoms.